The summed E-state index contributed by atoms with van der Waals surface area (Å²) >= 11 is 0. The third-order valence-electron chi connectivity index (χ3n) is 2.37. The number of aromatic nitrogens is 2. The van der Waals surface area contributed by atoms with Gasteiger partial charge in [0.25, 0.3) is 0 Å². The van der Waals surface area contributed by atoms with Gasteiger partial charge in [0.05, 0.1) is 6.54 Å². The molecule has 0 aliphatic heterocycles. The lowest BCUT2D eigenvalue weighted by Gasteiger charge is -2.20. The molecular weight excluding hydrogens is 220 g/mol. The maximum absolute atomic E-state index is 12.5. The van der Waals surface area contributed by atoms with Gasteiger partial charge in [0.15, 0.2) is 0 Å². The first kappa shape index (κ1) is 12.6. The molecule has 0 amide bonds. The summed E-state index contributed by atoms with van der Waals surface area (Å²) in [5.74, 6) is -0.858. The fraction of sp³-hybridized carbons (Fsp3) is 0.556. The third kappa shape index (κ3) is 2.75. The normalized spacial score (nSPS) is 13.4. The molecule has 0 aromatic carbocycles. The van der Waals surface area contributed by atoms with E-state index in [-0.39, 0.29) is 12.4 Å². The highest BCUT2D eigenvalue weighted by atomic mass is 19.3. The van der Waals surface area contributed by atoms with Gasteiger partial charge in [-0.05, 0) is 14.0 Å². The minimum Gasteiger partial charge on any atom is -0.480 e. The number of halogens is 2. The molecule has 1 aromatic rings. The first-order valence-corrected chi connectivity index (χ1v) is 4.66. The quantitative estimate of drug-likeness (QED) is 0.829. The molecule has 0 spiro atoms. The number of imidazole rings is 1. The Balaban J connectivity index is 2.73. The summed E-state index contributed by atoms with van der Waals surface area (Å²) in [6, 6.07) is -0.747. The van der Waals surface area contributed by atoms with E-state index in [2.05, 4.69) is 4.98 Å². The molecule has 0 fully saturated rings. The SMILES string of the molecule is CC(C(=O)O)N(C)Cc1nccn1C(F)F. The maximum atomic E-state index is 12.5. The molecule has 1 unspecified atom stereocenters. The van der Waals surface area contributed by atoms with Gasteiger partial charge in [0, 0.05) is 12.4 Å². The van der Waals surface area contributed by atoms with Crippen molar-refractivity contribution >= 4 is 5.97 Å². The molecule has 0 bridgehead atoms. The molecule has 1 heterocycles. The lowest BCUT2D eigenvalue weighted by atomic mass is 10.3. The summed E-state index contributed by atoms with van der Waals surface area (Å²) in [6.45, 7) is -1.12. The summed E-state index contributed by atoms with van der Waals surface area (Å²) in [7, 11) is 1.54. The number of rotatable bonds is 5. The van der Waals surface area contributed by atoms with Gasteiger partial charge in [0.1, 0.15) is 11.9 Å². The van der Waals surface area contributed by atoms with Crippen LogP contribution in [0.1, 0.15) is 19.3 Å². The van der Waals surface area contributed by atoms with Gasteiger partial charge in [-0.3, -0.25) is 14.3 Å². The van der Waals surface area contributed by atoms with E-state index in [1.165, 1.54) is 24.2 Å². The van der Waals surface area contributed by atoms with Crippen LogP contribution in [-0.4, -0.2) is 38.6 Å². The van der Waals surface area contributed by atoms with Crippen molar-refractivity contribution in [3.8, 4) is 0 Å². The fourth-order valence-electron chi connectivity index (χ4n) is 1.19. The van der Waals surface area contributed by atoms with Gasteiger partial charge in [-0.2, -0.15) is 8.78 Å². The number of nitrogens with zero attached hydrogens (tertiary/aromatic N) is 3. The van der Waals surface area contributed by atoms with Crippen LogP contribution < -0.4 is 0 Å². The van der Waals surface area contributed by atoms with Crippen molar-refractivity contribution in [1.29, 1.82) is 0 Å². The van der Waals surface area contributed by atoms with Gasteiger partial charge < -0.3 is 5.11 Å². The third-order valence-corrected chi connectivity index (χ3v) is 2.37. The predicted molar refractivity (Wildman–Crippen MR) is 52.0 cm³/mol. The highest BCUT2D eigenvalue weighted by Crippen LogP contribution is 2.14. The van der Waals surface area contributed by atoms with Crippen LogP contribution in [0.2, 0.25) is 0 Å². The van der Waals surface area contributed by atoms with Crippen molar-refractivity contribution in [3.63, 3.8) is 0 Å². The molecule has 90 valence electrons. The second kappa shape index (κ2) is 5.02. The van der Waals surface area contributed by atoms with Crippen LogP contribution in [-0.2, 0) is 11.3 Å². The van der Waals surface area contributed by atoms with Crippen LogP contribution in [0.25, 0.3) is 0 Å². The summed E-state index contributed by atoms with van der Waals surface area (Å²) in [5.41, 5.74) is 0. The first-order valence-electron chi connectivity index (χ1n) is 4.66. The molecule has 0 radical (unpaired) electrons. The average Bonchev–Trinajstić information content (AvgIpc) is 2.64. The zero-order valence-electron chi connectivity index (χ0n) is 8.97. The number of aliphatic carboxylic acids is 1. The van der Waals surface area contributed by atoms with Crippen LogP contribution in [0, 0.1) is 0 Å². The van der Waals surface area contributed by atoms with Gasteiger partial charge in [0.2, 0.25) is 0 Å². The van der Waals surface area contributed by atoms with Crippen molar-refractivity contribution < 1.29 is 18.7 Å². The molecule has 1 atom stereocenters. The van der Waals surface area contributed by atoms with Crippen LogP contribution >= 0.6 is 0 Å². The largest absolute Gasteiger partial charge is 0.480 e. The highest BCUT2D eigenvalue weighted by Gasteiger charge is 2.20. The molecule has 16 heavy (non-hydrogen) atoms. The van der Waals surface area contributed by atoms with Gasteiger partial charge in [-0.15, -0.1) is 0 Å². The number of carbonyl (C=O) groups is 1. The molecular formula is C9H13F2N3O2. The fourth-order valence-corrected chi connectivity index (χ4v) is 1.19. The summed E-state index contributed by atoms with van der Waals surface area (Å²) in [6.07, 6.45) is 2.43. The molecule has 5 nitrogen and oxygen atoms in total. The van der Waals surface area contributed by atoms with Crippen molar-refractivity contribution in [2.45, 2.75) is 26.1 Å². The Morgan fingerprint density at radius 2 is 2.31 bits per heavy atom. The molecule has 1 aromatic heterocycles. The van der Waals surface area contributed by atoms with E-state index in [0.29, 0.717) is 4.57 Å². The van der Waals surface area contributed by atoms with E-state index in [1.807, 2.05) is 0 Å². The number of hydrogen-bond donors (Lipinski definition) is 1. The van der Waals surface area contributed by atoms with E-state index in [4.69, 9.17) is 5.11 Å². The van der Waals surface area contributed by atoms with Crippen LogP contribution in [0.3, 0.4) is 0 Å². The molecule has 0 aliphatic carbocycles. The van der Waals surface area contributed by atoms with Crippen molar-refractivity contribution in [2.75, 3.05) is 7.05 Å². The van der Waals surface area contributed by atoms with Gasteiger partial charge >= 0.3 is 12.5 Å². The molecule has 7 heteroatoms. The van der Waals surface area contributed by atoms with Crippen LogP contribution in [0.15, 0.2) is 12.4 Å². The van der Waals surface area contributed by atoms with E-state index >= 15 is 0 Å². The average molecular weight is 233 g/mol. The van der Waals surface area contributed by atoms with E-state index in [1.54, 1.807) is 7.05 Å². The van der Waals surface area contributed by atoms with E-state index in [9.17, 15) is 13.6 Å². The Morgan fingerprint density at radius 1 is 1.69 bits per heavy atom. The smallest absolute Gasteiger partial charge is 0.320 e. The molecule has 1 rings (SSSR count). The summed E-state index contributed by atoms with van der Waals surface area (Å²) in [4.78, 5) is 15.9. The molecule has 0 saturated carbocycles. The lowest BCUT2D eigenvalue weighted by Crippen LogP contribution is -2.36. The number of alkyl halides is 2. The Morgan fingerprint density at radius 3 is 2.81 bits per heavy atom. The molecule has 0 aliphatic rings. The zero-order chi connectivity index (χ0) is 12.3. The zero-order valence-corrected chi connectivity index (χ0v) is 8.97. The van der Waals surface area contributed by atoms with Crippen LogP contribution in [0.4, 0.5) is 8.78 Å². The lowest BCUT2D eigenvalue weighted by molar-refractivity contribution is -0.142. The van der Waals surface area contributed by atoms with Gasteiger partial charge in [-0.1, -0.05) is 0 Å². The number of likely N-dealkylation sites (N-methyl/N-ethyl adjacent to an activating group) is 1. The van der Waals surface area contributed by atoms with Crippen molar-refractivity contribution in [1.82, 2.24) is 14.5 Å². The Labute approximate surface area is 91.3 Å². The van der Waals surface area contributed by atoms with Crippen molar-refractivity contribution in [3.05, 3.63) is 18.2 Å². The Bertz CT molecular complexity index is 367. The highest BCUT2D eigenvalue weighted by molar-refractivity contribution is 5.72. The minimum absolute atomic E-state index is 0.0603. The number of carboxylic acid groups (broad SMARTS) is 1. The summed E-state index contributed by atoms with van der Waals surface area (Å²) < 4.78 is 25.6. The second-order valence-electron chi connectivity index (χ2n) is 3.46. The standard InChI is InChI=1S/C9H13F2N3O2/c1-6(8(15)16)13(2)5-7-12-3-4-14(7)9(10)11/h3-4,6,9H,5H2,1-2H3,(H,15,16). The first-order chi connectivity index (χ1) is 7.43. The Kier molecular flexibility index (Phi) is 3.94. The topological polar surface area (TPSA) is 58.4 Å². The molecule has 1 N–H and O–H groups in total. The Hall–Kier alpha value is -1.50. The van der Waals surface area contributed by atoms with E-state index < -0.39 is 18.6 Å². The predicted octanol–water partition coefficient (Wildman–Crippen LogP) is 1.18. The second-order valence-corrected chi connectivity index (χ2v) is 3.46. The monoisotopic (exact) mass is 233 g/mol. The van der Waals surface area contributed by atoms with Crippen LogP contribution in [0.5, 0.6) is 0 Å². The van der Waals surface area contributed by atoms with Gasteiger partial charge in [-0.25, -0.2) is 4.98 Å². The summed E-state index contributed by atoms with van der Waals surface area (Å²) in [5, 5.41) is 8.74. The maximum Gasteiger partial charge on any atom is 0.320 e. The molecule has 0 saturated heterocycles. The minimum atomic E-state index is -2.66. The number of hydrogen-bond acceptors (Lipinski definition) is 3. The number of carboxylic acids is 1. The van der Waals surface area contributed by atoms with Crippen molar-refractivity contribution in [2.24, 2.45) is 0 Å². The van der Waals surface area contributed by atoms with E-state index in [0.717, 1.165) is 0 Å².